The van der Waals surface area contributed by atoms with Crippen LogP contribution in [0.3, 0.4) is 0 Å². The van der Waals surface area contributed by atoms with E-state index in [4.69, 9.17) is 5.73 Å². The molecule has 0 aromatic heterocycles. The van der Waals surface area contributed by atoms with E-state index in [0.717, 1.165) is 6.54 Å². The molecule has 0 fully saturated rings. The first-order valence-electron chi connectivity index (χ1n) is 2.09. The number of hydrogen-bond acceptors (Lipinski definition) is 2. The molecule has 6 N–H and O–H groups in total. The van der Waals surface area contributed by atoms with E-state index in [1.54, 1.807) is 0 Å². The fourth-order valence-corrected chi connectivity index (χ4v) is 0.262. The predicted molar refractivity (Wildman–Crippen MR) is 24.5 cm³/mol. The number of hydrogen-bond donors (Lipinski definition) is 3. The lowest BCUT2D eigenvalue weighted by molar-refractivity contribution is -0.427. The van der Waals surface area contributed by atoms with E-state index in [1.165, 1.54) is 0 Å². The predicted octanol–water partition coefficient (Wildman–Crippen LogP) is -1.92. The normalized spacial score (nSPS) is 14.5. The van der Waals surface area contributed by atoms with Gasteiger partial charge in [0.05, 0.1) is 0 Å². The number of rotatable bonds is 2. The molecule has 1 atom stereocenters. The van der Waals surface area contributed by atoms with Gasteiger partial charge in [-0.1, -0.05) is 6.92 Å². The molecule has 0 aromatic rings. The van der Waals surface area contributed by atoms with Crippen molar-refractivity contribution < 1.29 is 5.73 Å². The van der Waals surface area contributed by atoms with Crippen molar-refractivity contribution in [2.24, 2.45) is 5.73 Å². The molecular weight excluding hydrogens is 78.1 g/mol. The van der Waals surface area contributed by atoms with Crippen molar-refractivity contribution in [1.29, 1.82) is 0 Å². The van der Waals surface area contributed by atoms with Gasteiger partial charge in [0, 0.05) is 0 Å². The van der Waals surface area contributed by atoms with Gasteiger partial charge in [-0.05, 0) is 6.54 Å². The minimum atomic E-state index is -0.102. The molecule has 3 nitrogen and oxygen atoms in total. The van der Waals surface area contributed by atoms with E-state index in [0.29, 0.717) is 0 Å². The maximum atomic E-state index is 5.18. The summed E-state index contributed by atoms with van der Waals surface area (Å²) in [5, 5.41) is 2.88. The minimum Gasteiger partial charge on any atom is -0.330 e. The summed E-state index contributed by atoms with van der Waals surface area (Å²) >= 11 is 0. The summed E-state index contributed by atoms with van der Waals surface area (Å²) in [6.45, 7) is 2.88. The largest absolute Gasteiger partial charge is 0.330 e. The monoisotopic (exact) mass is 90.1 g/mol. The van der Waals surface area contributed by atoms with E-state index in [1.807, 2.05) is 6.92 Å². The van der Waals surface area contributed by atoms with Gasteiger partial charge in [-0.15, -0.1) is 0 Å². The molecule has 0 saturated carbocycles. The Morgan fingerprint density at radius 1 is 2.00 bits per heavy atom. The summed E-state index contributed by atoms with van der Waals surface area (Å²) in [6.07, 6.45) is -0.102. The molecule has 0 aromatic carbocycles. The average Bonchev–Trinajstić information content (AvgIpc) is 1.35. The average molecular weight is 90.2 g/mol. The molecule has 0 heterocycles. The Bertz CT molecular complexity index is 27.2. The molecule has 38 valence electrons. The summed E-state index contributed by atoms with van der Waals surface area (Å²) in [7, 11) is 0. The molecule has 6 heavy (non-hydrogen) atoms. The molecule has 0 amide bonds. The van der Waals surface area contributed by atoms with Crippen LogP contribution in [0.5, 0.6) is 0 Å². The van der Waals surface area contributed by atoms with Crippen molar-refractivity contribution >= 4 is 0 Å². The molecule has 0 aliphatic rings. The van der Waals surface area contributed by atoms with Gasteiger partial charge in [0.15, 0.2) is 6.29 Å². The highest BCUT2D eigenvalue weighted by molar-refractivity contribution is 4.32. The van der Waals surface area contributed by atoms with Crippen LogP contribution in [0, 0.1) is 0 Å². The van der Waals surface area contributed by atoms with Crippen molar-refractivity contribution in [3.05, 3.63) is 0 Å². The van der Waals surface area contributed by atoms with Gasteiger partial charge in [-0.3, -0.25) is 11.1 Å². The van der Waals surface area contributed by atoms with Gasteiger partial charge in [0.1, 0.15) is 0 Å². The third kappa shape index (κ3) is 3.88. The Morgan fingerprint density at radius 3 is 2.50 bits per heavy atom. The van der Waals surface area contributed by atoms with E-state index in [9.17, 15) is 0 Å². The van der Waals surface area contributed by atoms with Crippen LogP contribution < -0.4 is 16.8 Å². The molecule has 0 rings (SSSR count). The second kappa shape index (κ2) is 3.08. The Kier molecular flexibility index (Phi) is 3.02. The molecule has 0 aliphatic heterocycles. The van der Waals surface area contributed by atoms with Gasteiger partial charge in [0.2, 0.25) is 0 Å². The highest BCUT2D eigenvalue weighted by atomic mass is 15.1. The zero-order chi connectivity index (χ0) is 4.99. The van der Waals surface area contributed by atoms with Crippen LogP contribution in [0.4, 0.5) is 0 Å². The third-order valence-corrected chi connectivity index (χ3v) is 0.466. The molecule has 0 spiro atoms. The molecule has 0 aliphatic carbocycles. The Hall–Kier alpha value is -0.120. The van der Waals surface area contributed by atoms with Gasteiger partial charge < -0.3 is 5.73 Å². The summed E-state index contributed by atoms with van der Waals surface area (Å²) in [5.74, 6) is 0. The molecule has 3 heteroatoms. The third-order valence-electron chi connectivity index (χ3n) is 0.466. The molecular formula is C3H12N3+. The van der Waals surface area contributed by atoms with Crippen LogP contribution in [0.2, 0.25) is 0 Å². The first kappa shape index (κ1) is 5.88. The highest BCUT2D eigenvalue weighted by Gasteiger charge is 1.86. The van der Waals surface area contributed by atoms with Gasteiger partial charge in [0.25, 0.3) is 0 Å². The van der Waals surface area contributed by atoms with E-state index >= 15 is 0 Å². The van der Waals surface area contributed by atoms with Gasteiger partial charge in [-0.25, -0.2) is 0 Å². The quantitative estimate of drug-likeness (QED) is 0.346. The lowest BCUT2D eigenvalue weighted by Crippen LogP contribution is -2.72. The maximum Gasteiger partial charge on any atom is 0.192 e. The fraction of sp³-hybridized carbons (Fsp3) is 1.00. The number of quaternary nitrogens is 1. The van der Waals surface area contributed by atoms with Gasteiger partial charge in [-0.2, -0.15) is 0 Å². The summed E-state index contributed by atoms with van der Waals surface area (Å²) in [4.78, 5) is 0. The number of nitrogens with two attached hydrogens (primary N) is 1. The lowest BCUT2D eigenvalue weighted by atomic mass is 10.7. The fourth-order valence-electron chi connectivity index (χ4n) is 0.262. The summed E-state index contributed by atoms with van der Waals surface area (Å²) in [5.41, 5.74) is 8.68. The van der Waals surface area contributed by atoms with Crippen LogP contribution in [0.15, 0.2) is 0 Å². The zero-order valence-electron chi connectivity index (χ0n) is 4.07. The van der Waals surface area contributed by atoms with Crippen molar-refractivity contribution in [1.82, 2.24) is 5.32 Å². The van der Waals surface area contributed by atoms with Crippen molar-refractivity contribution in [3.8, 4) is 0 Å². The summed E-state index contributed by atoms with van der Waals surface area (Å²) < 4.78 is 0. The maximum absolute atomic E-state index is 5.18. The highest BCUT2D eigenvalue weighted by Crippen LogP contribution is 1.46. The van der Waals surface area contributed by atoms with Crippen LogP contribution in [-0.2, 0) is 0 Å². The van der Waals surface area contributed by atoms with Crippen molar-refractivity contribution in [3.63, 3.8) is 0 Å². The van der Waals surface area contributed by atoms with Gasteiger partial charge >= 0.3 is 0 Å². The van der Waals surface area contributed by atoms with Crippen LogP contribution in [0.1, 0.15) is 6.92 Å². The molecule has 0 radical (unpaired) electrons. The molecule has 1 unspecified atom stereocenters. The van der Waals surface area contributed by atoms with Crippen molar-refractivity contribution in [2.45, 2.75) is 13.2 Å². The SMILES string of the molecule is CCNC(N)[NH3+]. The molecule has 0 bridgehead atoms. The van der Waals surface area contributed by atoms with E-state index in [2.05, 4.69) is 11.1 Å². The second-order valence-electron chi connectivity index (χ2n) is 1.16. The van der Waals surface area contributed by atoms with Crippen LogP contribution in [0.25, 0.3) is 0 Å². The first-order valence-corrected chi connectivity index (χ1v) is 2.09. The van der Waals surface area contributed by atoms with Crippen molar-refractivity contribution in [2.75, 3.05) is 6.54 Å². The Morgan fingerprint density at radius 2 is 2.50 bits per heavy atom. The first-order chi connectivity index (χ1) is 2.77. The number of nitrogens with one attached hydrogen (secondary N) is 1. The van der Waals surface area contributed by atoms with Crippen LogP contribution in [-0.4, -0.2) is 12.8 Å². The Labute approximate surface area is 37.7 Å². The Balaban J connectivity index is 2.63. The summed E-state index contributed by atoms with van der Waals surface area (Å²) in [6, 6.07) is 0. The standard InChI is InChI=1S/C3H11N3/c1-2-6-3(4)5/h3,6H,2,4-5H2,1H3/p+1. The minimum absolute atomic E-state index is 0.102. The van der Waals surface area contributed by atoms with Crippen LogP contribution >= 0.6 is 0 Å². The van der Waals surface area contributed by atoms with E-state index < -0.39 is 0 Å². The topological polar surface area (TPSA) is 65.7 Å². The lowest BCUT2D eigenvalue weighted by Gasteiger charge is -1.97. The second-order valence-corrected chi connectivity index (χ2v) is 1.16. The zero-order valence-corrected chi connectivity index (χ0v) is 4.07. The van der Waals surface area contributed by atoms with E-state index in [-0.39, 0.29) is 6.29 Å². The molecule has 0 saturated heterocycles. The smallest absolute Gasteiger partial charge is 0.192 e.